The average Bonchev–Trinajstić information content (AvgIpc) is 2.41. The number of nitrogens with zero attached hydrogens (tertiary/aromatic N) is 4. The maximum absolute atomic E-state index is 4.37. The van der Waals surface area contributed by atoms with E-state index in [1.807, 2.05) is 44.1 Å². The van der Waals surface area contributed by atoms with Gasteiger partial charge in [0.2, 0.25) is 17.8 Å². The van der Waals surface area contributed by atoms with Crippen LogP contribution < -0.4 is 15.5 Å². The van der Waals surface area contributed by atoms with E-state index in [1.54, 1.807) is 7.05 Å². The quantitative estimate of drug-likeness (QED) is 0.894. The van der Waals surface area contributed by atoms with Gasteiger partial charge >= 0.3 is 0 Å². The molecule has 0 radical (unpaired) electrons. The Morgan fingerprint density at radius 3 is 2.40 bits per heavy atom. The Morgan fingerprint density at radius 1 is 1.10 bits per heavy atom. The van der Waals surface area contributed by atoms with Crippen molar-refractivity contribution in [3.63, 3.8) is 0 Å². The second kappa shape index (κ2) is 6.04. The minimum absolute atomic E-state index is 0.498. The molecule has 2 N–H and O–H groups in total. The first-order chi connectivity index (χ1) is 9.49. The number of aromatic nitrogens is 3. The third-order valence-corrected chi connectivity index (χ3v) is 3.27. The van der Waals surface area contributed by atoms with Gasteiger partial charge < -0.3 is 15.5 Å². The van der Waals surface area contributed by atoms with Crippen molar-refractivity contribution < 1.29 is 0 Å². The van der Waals surface area contributed by atoms with Crippen LogP contribution in [0.3, 0.4) is 0 Å². The Kier molecular flexibility index (Phi) is 4.39. The normalized spacial score (nSPS) is 10.2. The van der Waals surface area contributed by atoms with Crippen molar-refractivity contribution in [2.75, 3.05) is 36.7 Å². The molecule has 0 unspecified atom stereocenters. The fourth-order valence-corrected chi connectivity index (χ4v) is 2.17. The maximum Gasteiger partial charge on any atom is 0.233 e. The number of benzene rings is 1. The number of nitrogens with one attached hydrogen (secondary N) is 2. The van der Waals surface area contributed by atoms with Gasteiger partial charge in [-0.15, -0.1) is 0 Å². The van der Waals surface area contributed by atoms with Crippen LogP contribution in [-0.2, 0) is 0 Å². The molecule has 1 aromatic carbocycles. The standard InChI is InChI=1S/C13H17BrN6/c1-8-5-6-10(9(14)7-8)16-12-17-11(15-2)18-13(19-12)20(3)4/h5-7H,1-4H3,(H2,15,16,17,18,19). The van der Waals surface area contributed by atoms with Gasteiger partial charge in [-0.25, -0.2) is 0 Å². The van der Waals surface area contributed by atoms with Crippen LogP contribution in [-0.4, -0.2) is 36.1 Å². The molecule has 0 atom stereocenters. The number of hydrogen-bond donors (Lipinski definition) is 2. The van der Waals surface area contributed by atoms with E-state index in [-0.39, 0.29) is 0 Å². The molecule has 0 bridgehead atoms. The first-order valence-electron chi connectivity index (χ1n) is 6.14. The molecule has 0 spiro atoms. The van der Waals surface area contributed by atoms with E-state index in [2.05, 4.69) is 41.5 Å². The summed E-state index contributed by atoms with van der Waals surface area (Å²) in [5.41, 5.74) is 2.09. The number of hydrogen-bond acceptors (Lipinski definition) is 6. The largest absolute Gasteiger partial charge is 0.357 e. The molecule has 0 saturated heterocycles. The number of aryl methyl sites for hydroxylation is 1. The molecule has 1 heterocycles. The summed E-state index contributed by atoms with van der Waals surface area (Å²) in [5, 5.41) is 6.13. The number of anilines is 4. The van der Waals surface area contributed by atoms with Crippen LogP contribution in [0.4, 0.5) is 23.5 Å². The fraction of sp³-hybridized carbons (Fsp3) is 0.308. The van der Waals surface area contributed by atoms with E-state index in [0.717, 1.165) is 10.2 Å². The summed E-state index contributed by atoms with van der Waals surface area (Å²) < 4.78 is 0.968. The van der Waals surface area contributed by atoms with Gasteiger partial charge in [0.1, 0.15) is 0 Å². The predicted molar refractivity (Wildman–Crippen MR) is 85.9 cm³/mol. The topological polar surface area (TPSA) is 66.0 Å². The molecular formula is C13H17BrN6. The van der Waals surface area contributed by atoms with Crippen molar-refractivity contribution in [3.05, 3.63) is 28.2 Å². The molecule has 106 valence electrons. The minimum Gasteiger partial charge on any atom is -0.357 e. The van der Waals surface area contributed by atoms with Crippen molar-refractivity contribution in [3.8, 4) is 0 Å². The van der Waals surface area contributed by atoms with Crippen molar-refractivity contribution in [1.82, 2.24) is 15.0 Å². The van der Waals surface area contributed by atoms with Gasteiger partial charge in [0, 0.05) is 25.6 Å². The molecule has 0 aliphatic rings. The molecular weight excluding hydrogens is 320 g/mol. The summed E-state index contributed by atoms with van der Waals surface area (Å²) >= 11 is 3.53. The third kappa shape index (κ3) is 3.36. The summed E-state index contributed by atoms with van der Waals surface area (Å²) in [6.07, 6.45) is 0. The molecule has 6 nitrogen and oxygen atoms in total. The molecule has 7 heteroatoms. The summed E-state index contributed by atoms with van der Waals surface area (Å²) in [6, 6.07) is 6.05. The van der Waals surface area contributed by atoms with Crippen LogP contribution >= 0.6 is 15.9 Å². The zero-order valence-electron chi connectivity index (χ0n) is 11.9. The minimum atomic E-state index is 0.498. The lowest BCUT2D eigenvalue weighted by Crippen LogP contribution is -2.15. The summed E-state index contributed by atoms with van der Waals surface area (Å²) in [4.78, 5) is 14.8. The molecule has 0 amide bonds. The molecule has 20 heavy (non-hydrogen) atoms. The van der Waals surface area contributed by atoms with E-state index < -0.39 is 0 Å². The Labute approximate surface area is 126 Å². The van der Waals surface area contributed by atoms with Crippen molar-refractivity contribution in [2.24, 2.45) is 0 Å². The maximum atomic E-state index is 4.37. The predicted octanol–water partition coefficient (Wildman–Crippen LogP) is 2.79. The zero-order valence-corrected chi connectivity index (χ0v) is 13.5. The van der Waals surface area contributed by atoms with Crippen LogP contribution in [0.15, 0.2) is 22.7 Å². The van der Waals surface area contributed by atoms with Gasteiger partial charge in [0.25, 0.3) is 0 Å². The van der Waals surface area contributed by atoms with Crippen molar-refractivity contribution in [2.45, 2.75) is 6.92 Å². The number of rotatable bonds is 4. The van der Waals surface area contributed by atoms with E-state index in [9.17, 15) is 0 Å². The highest BCUT2D eigenvalue weighted by Gasteiger charge is 2.09. The van der Waals surface area contributed by atoms with Crippen molar-refractivity contribution in [1.29, 1.82) is 0 Å². The Bertz CT molecular complexity index is 614. The molecule has 0 aliphatic heterocycles. The van der Waals surface area contributed by atoms with E-state index in [0.29, 0.717) is 17.8 Å². The SMILES string of the molecule is CNc1nc(Nc2ccc(C)cc2Br)nc(N(C)C)n1. The van der Waals surface area contributed by atoms with E-state index >= 15 is 0 Å². The fourth-order valence-electron chi connectivity index (χ4n) is 1.57. The van der Waals surface area contributed by atoms with Crippen LogP contribution in [0.2, 0.25) is 0 Å². The summed E-state index contributed by atoms with van der Waals surface area (Å²) in [5.74, 6) is 1.61. The van der Waals surface area contributed by atoms with Crippen molar-refractivity contribution >= 4 is 39.5 Å². The molecule has 2 aromatic rings. The zero-order chi connectivity index (χ0) is 14.7. The van der Waals surface area contributed by atoms with Gasteiger partial charge in [-0.1, -0.05) is 6.07 Å². The monoisotopic (exact) mass is 336 g/mol. The summed E-state index contributed by atoms with van der Waals surface area (Å²) in [6.45, 7) is 2.04. The number of halogens is 1. The van der Waals surface area contributed by atoms with Gasteiger partial charge in [0.05, 0.1) is 5.69 Å². The van der Waals surface area contributed by atoms with Gasteiger partial charge in [-0.2, -0.15) is 15.0 Å². The summed E-state index contributed by atoms with van der Waals surface area (Å²) in [7, 11) is 5.56. The smallest absolute Gasteiger partial charge is 0.233 e. The van der Waals surface area contributed by atoms with Gasteiger partial charge in [-0.05, 0) is 40.5 Å². The van der Waals surface area contributed by atoms with E-state index in [1.165, 1.54) is 5.56 Å². The second-order valence-electron chi connectivity index (χ2n) is 4.54. The van der Waals surface area contributed by atoms with Gasteiger partial charge in [0.15, 0.2) is 0 Å². The van der Waals surface area contributed by atoms with Crippen LogP contribution in [0, 0.1) is 6.92 Å². The Hall–Kier alpha value is -1.89. The Morgan fingerprint density at radius 2 is 1.80 bits per heavy atom. The molecule has 0 saturated carbocycles. The lowest BCUT2D eigenvalue weighted by molar-refractivity contribution is 0.963. The van der Waals surface area contributed by atoms with Crippen LogP contribution in [0.5, 0.6) is 0 Å². The highest BCUT2D eigenvalue weighted by molar-refractivity contribution is 9.10. The highest BCUT2D eigenvalue weighted by atomic mass is 79.9. The first kappa shape index (κ1) is 14.5. The molecule has 1 aromatic heterocycles. The van der Waals surface area contributed by atoms with Crippen LogP contribution in [0.25, 0.3) is 0 Å². The van der Waals surface area contributed by atoms with E-state index in [4.69, 9.17) is 0 Å². The second-order valence-corrected chi connectivity index (χ2v) is 5.39. The first-order valence-corrected chi connectivity index (χ1v) is 6.93. The lowest BCUT2D eigenvalue weighted by atomic mass is 10.2. The lowest BCUT2D eigenvalue weighted by Gasteiger charge is -2.14. The van der Waals surface area contributed by atoms with Crippen LogP contribution in [0.1, 0.15) is 5.56 Å². The molecule has 0 aliphatic carbocycles. The Balaban J connectivity index is 2.34. The average molecular weight is 337 g/mol. The molecule has 2 rings (SSSR count). The highest BCUT2D eigenvalue weighted by Crippen LogP contribution is 2.26. The van der Waals surface area contributed by atoms with Gasteiger partial charge in [-0.3, -0.25) is 0 Å². The molecule has 0 fully saturated rings. The third-order valence-electron chi connectivity index (χ3n) is 2.62.